The third-order valence-electron chi connectivity index (χ3n) is 5.63. The molecule has 0 aliphatic heterocycles. The lowest BCUT2D eigenvalue weighted by Gasteiger charge is -2.15. The van der Waals surface area contributed by atoms with Crippen LogP contribution in [-0.4, -0.2) is 104 Å². The minimum atomic E-state index is -1.00. The molecule has 0 radical (unpaired) electrons. The quantitative estimate of drug-likeness (QED) is 0.0635. The van der Waals surface area contributed by atoms with Crippen molar-refractivity contribution in [3.63, 3.8) is 0 Å². The lowest BCUT2D eigenvalue weighted by molar-refractivity contribution is -0.142. The Balaban J connectivity index is 2.92. The summed E-state index contributed by atoms with van der Waals surface area (Å²) in [5, 5.41) is -1.13. The Labute approximate surface area is 341 Å². The van der Waals surface area contributed by atoms with Crippen LogP contribution in [-0.2, 0) is 75.0 Å². The molecule has 24 heteroatoms. The summed E-state index contributed by atoms with van der Waals surface area (Å²) in [6, 6.07) is 0. The number of esters is 3. The van der Waals surface area contributed by atoms with E-state index in [-0.39, 0.29) is 110 Å². The Morgan fingerprint density at radius 1 is 0.481 bits per heavy atom. The van der Waals surface area contributed by atoms with Gasteiger partial charge in [-0.1, -0.05) is 41.5 Å². The zero-order valence-electron chi connectivity index (χ0n) is 30.6. The molecule has 0 fully saturated rings. The second-order valence-electron chi connectivity index (χ2n) is 11.9. The van der Waals surface area contributed by atoms with Crippen molar-refractivity contribution in [3.8, 4) is 0 Å². The van der Waals surface area contributed by atoms with E-state index in [9.17, 15) is 28.8 Å². The largest absolute Gasteiger partial charge is 0.465 e. The lowest BCUT2D eigenvalue weighted by atomic mass is 10.2. The number of nitrogens with zero attached hydrogens (tertiary/aromatic N) is 3. The number of carbonyl (C=O) groups is 3. The predicted octanol–water partition coefficient (Wildman–Crippen LogP) is 2.67. The SMILES string of the molecule is CC(C)COC(=O)CSOC(=S)OCCn1c(=O)n(CCOC(=S)OSCC(=O)OCC(C)C)c(=O)n(CCOC(=S)OSCC(=O)OCC(C)C)c1=O. The standard InChI is InChI=1S/C30H45N3O15S6/c1-19(2)13-43-22(34)16-52-46-28(49)40-10-7-31-25(37)32(8-11-41-29(50)47-53-17-23(35)44-14-20(3)4)27(39)33(26(31)38)9-12-42-30(51)48-54-18-24(36)45-15-21(5)6/h19-21H,7-18H2,1-6H3. The van der Waals surface area contributed by atoms with E-state index in [1.165, 1.54) is 0 Å². The van der Waals surface area contributed by atoms with Crippen LogP contribution in [0.15, 0.2) is 14.4 Å². The van der Waals surface area contributed by atoms with Crippen molar-refractivity contribution in [1.82, 2.24) is 13.7 Å². The molecule has 1 heterocycles. The van der Waals surface area contributed by atoms with Crippen LogP contribution in [0.1, 0.15) is 41.5 Å². The van der Waals surface area contributed by atoms with E-state index in [2.05, 4.69) is 0 Å². The molecule has 0 aliphatic rings. The molecule has 54 heavy (non-hydrogen) atoms. The van der Waals surface area contributed by atoms with Crippen molar-refractivity contribution in [3.05, 3.63) is 31.5 Å². The first-order valence-electron chi connectivity index (χ1n) is 16.3. The first kappa shape index (κ1) is 49.0. The molecule has 0 unspecified atom stereocenters. The molecular formula is C30H45N3O15S6. The molecule has 0 saturated heterocycles. The number of ether oxygens (including phenoxy) is 6. The van der Waals surface area contributed by atoms with Crippen molar-refractivity contribution < 1.29 is 55.4 Å². The number of carbonyl (C=O) groups excluding carboxylic acids is 3. The fourth-order valence-electron chi connectivity index (χ4n) is 3.27. The molecule has 306 valence electrons. The Bertz CT molecular complexity index is 1370. The Kier molecular flexibility index (Phi) is 24.9. The molecule has 0 amide bonds. The molecular weight excluding hydrogens is 835 g/mol. The summed E-state index contributed by atoms with van der Waals surface area (Å²) in [6.45, 7) is 9.96. The summed E-state index contributed by atoms with van der Waals surface area (Å²) in [5.41, 5.74) is -3.01. The molecule has 0 atom stereocenters. The minimum Gasteiger partial charge on any atom is -0.465 e. The van der Waals surface area contributed by atoms with Gasteiger partial charge in [0.05, 0.1) is 75.6 Å². The number of hydrogen-bond acceptors (Lipinski definition) is 21. The van der Waals surface area contributed by atoms with Gasteiger partial charge in [-0.25, -0.2) is 28.1 Å². The van der Waals surface area contributed by atoms with E-state index >= 15 is 0 Å². The summed E-state index contributed by atoms with van der Waals surface area (Å²) in [5.74, 6) is -1.54. The van der Waals surface area contributed by atoms with Crippen molar-refractivity contribution in [2.45, 2.75) is 61.2 Å². The highest BCUT2D eigenvalue weighted by atomic mass is 32.2. The van der Waals surface area contributed by atoms with Gasteiger partial charge in [0.1, 0.15) is 37.1 Å². The topological polar surface area (TPSA) is 200 Å². The van der Waals surface area contributed by atoms with Gasteiger partial charge in [0.15, 0.2) is 0 Å². The highest BCUT2D eigenvalue weighted by molar-refractivity contribution is 7.97. The van der Waals surface area contributed by atoms with Crippen LogP contribution >= 0.6 is 72.8 Å². The average molecular weight is 880 g/mol. The van der Waals surface area contributed by atoms with Crippen molar-refractivity contribution >= 4 is 106 Å². The molecule has 1 aromatic heterocycles. The van der Waals surface area contributed by atoms with E-state index in [0.29, 0.717) is 36.1 Å². The van der Waals surface area contributed by atoms with Gasteiger partial charge in [0.25, 0.3) is 0 Å². The van der Waals surface area contributed by atoms with Gasteiger partial charge in [-0.05, 0) is 17.8 Å². The number of aromatic nitrogens is 3. The van der Waals surface area contributed by atoms with Crippen LogP contribution < -0.4 is 17.1 Å². The molecule has 0 aliphatic carbocycles. The maximum absolute atomic E-state index is 13.3. The highest BCUT2D eigenvalue weighted by Gasteiger charge is 2.18. The summed E-state index contributed by atoms with van der Waals surface area (Å²) in [4.78, 5) is 75.2. The minimum absolute atomic E-state index is 0.161. The van der Waals surface area contributed by atoms with Gasteiger partial charge in [0, 0.05) is 36.7 Å². The van der Waals surface area contributed by atoms with E-state index in [4.69, 9.17) is 77.6 Å². The Morgan fingerprint density at radius 2 is 0.722 bits per heavy atom. The molecule has 0 bridgehead atoms. The Morgan fingerprint density at radius 3 is 0.944 bits per heavy atom. The van der Waals surface area contributed by atoms with Crippen LogP contribution in [0.3, 0.4) is 0 Å². The van der Waals surface area contributed by atoms with E-state index < -0.39 is 35.0 Å². The first-order chi connectivity index (χ1) is 25.5. The third kappa shape index (κ3) is 21.7. The van der Waals surface area contributed by atoms with Gasteiger partial charge in [-0.3, -0.25) is 14.4 Å². The normalized spacial score (nSPS) is 10.8. The van der Waals surface area contributed by atoms with Crippen molar-refractivity contribution in [1.29, 1.82) is 0 Å². The number of thiocarbonyl (C=S) groups is 3. The smallest absolute Gasteiger partial charge is 0.364 e. The molecule has 0 saturated carbocycles. The van der Waals surface area contributed by atoms with Gasteiger partial charge >= 0.3 is 50.7 Å². The number of rotatable bonds is 24. The predicted molar refractivity (Wildman–Crippen MR) is 213 cm³/mol. The lowest BCUT2D eigenvalue weighted by Crippen LogP contribution is -2.55. The van der Waals surface area contributed by atoms with Crippen LogP contribution in [0.25, 0.3) is 0 Å². The maximum atomic E-state index is 13.3. The van der Waals surface area contributed by atoms with E-state index in [1.54, 1.807) is 0 Å². The van der Waals surface area contributed by atoms with Gasteiger partial charge in [-0.2, -0.15) is 0 Å². The average Bonchev–Trinajstić information content (AvgIpc) is 3.09. The monoisotopic (exact) mass is 879 g/mol. The summed E-state index contributed by atoms with van der Waals surface area (Å²) >= 11 is 17.0. The van der Waals surface area contributed by atoms with Gasteiger partial charge in [-0.15, -0.1) is 0 Å². The second-order valence-corrected chi connectivity index (χ2v) is 14.9. The Hall–Kier alpha value is -3.06. The molecule has 1 rings (SSSR count). The van der Waals surface area contributed by atoms with Crippen LogP contribution in [0.2, 0.25) is 0 Å². The van der Waals surface area contributed by atoms with E-state index in [1.807, 2.05) is 41.5 Å². The molecule has 0 spiro atoms. The van der Waals surface area contributed by atoms with Gasteiger partial charge in [0.2, 0.25) is 0 Å². The fourth-order valence-corrected chi connectivity index (χ4v) is 5.10. The molecule has 0 aromatic carbocycles. The molecule has 0 N–H and O–H groups in total. The molecule has 18 nitrogen and oxygen atoms in total. The van der Waals surface area contributed by atoms with Crippen LogP contribution in [0.4, 0.5) is 0 Å². The van der Waals surface area contributed by atoms with Crippen LogP contribution in [0, 0.1) is 17.8 Å². The second kappa shape index (κ2) is 27.5. The summed E-state index contributed by atoms with van der Waals surface area (Å²) < 4.78 is 48.5. The zero-order valence-corrected chi connectivity index (χ0v) is 35.5. The van der Waals surface area contributed by atoms with Crippen LogP contribution in [0.5, 0.6) is 0 Å². The first-order valence-corrected chi connectivity index (χ1v) is 20.3. The van der Waals surface area contributed by atoms with E-state index in [0.717, 1.165) is 13.7 Å². The fraction of sp³-hybridized carbons (Fsp3) is 0.700. The summed E-state index contributed by atoms with van der Waals surface area (Å²) in [6.07, 6.45) is 0. The molecule has 1 aromatic rings. The third-order valence-corrected chi connectivity index (χ3v) is 8.42. The number of hydrogen-bond donors (Lipinski definition) is 0. The zero-order chi connectivity index (χ0) is 40.6. The van der Waals surface area contributed by atoms with Gasteiger partial charge < -0.3 is 41.0 Å². The highest BCUT2D eigenvalue weighted by Crippen LogP contribution is 2.09. The van der Waals surface area contributed by atoms with Crippen molar-refractivity contribution in [2.75, 3.05) is 56.9 Å². The summed E-state index contributed by atoms with van der Waals surface area (Å²) in [7, 11) is 0. The van der Waals surface area contributed by atoms with Crippen molar-refractivity contribution in [2.24, 2.45) is 17.8 Å². The maximum Gasteiger partial charge on any atom is 0.364 e.